The topological polar surface area (TPSA) is 95.2 Å². The van der Waals surface area contributed by atoms with Gasteiger partial charge >= 0.3 is 0 Å². The molecule has 7 nitrogen and oxygen atoms in total. The number of hydrogen-bond donors (Lipinski definition) is 2. The van der Waals surface area contributed by atoms with E-state index in [4.69, 9.17) is 0 Å². The van der Waals surface area contributed by atoms with Gasteiger partial charge in [-0.05, 0) is 49.1 Å². The summed E-state index contributed by atoms with van der Waals surface area (Å²) in [7, 11) is 0. The number of imide groups is 1. The van der Waals surface area contributed by atoms with Crippen LogP contribution >= 0.6 is 0 Å². The molecule has 1 aromatic heterocycles. The Kier molecular flexibility index (Phi) is 4.58. The number of fused-ring (bicyclic) bond motifs is 2. The first kappa shape index (κ1) is 18.5. The highest BCUT2D eigenvalue weighted by atomic mass is 16.2. The van der Waals surface area contributed by atoms with E-state index in [0.717, 1.165) is 36.7 Å². The van der Waals surface area contributed by atoms with Crippen LogP contribution in [0.15, 0.2) is 48.8 Å². The number of aromatic nitrogens is 2. The van der Waals surface area contributed by atoms with Gasteiger partial charge in [0.2, 0.25) is 5.91 Å². The number of carbonyl (C=O) groups is 3. The fourth-order valence-electron chi connectivity index (χ4n) is 4.66. The van der Waals surface area contributed by atoms with Crippen molar-refractivity contribution >= 4 is 34.4 Å². The second-order valence-corrected chi connectivity index (χ2v) is 8.04. The Morgan fingerprint density at radius 1 is 1.07 bits per heavy atom. The largest absolute Gasteiger partial charge is 0.345 e. The van der Waals surface area contributed by atoms with E-state index in [1.807, 2.05) is 18.2 Å². The van der Waals surface area contributed by atoms with Gasteiger partial charge in [0, 0.05) is 18.2 Å². The van der Waals surface area contributed by atoms with Crippen LogP contribution in [0.2, 0.25) is 0 Å². The Labute approximate surface area is 173 Å². The van der Waals surface area contributed by atoms with Gasteiger partial charge in [-0.2, -0.15) is 0 Å². The van der Waals surface area contributed by atoms with Crippen molar-refractivity contribution in [3.8, 4) is 0 Å². The van der Waals surface area contributed by atoms with Crippen LogP contribution < -0.4 is 5.32 Å². The number of aromatic amines is 1. The molecular formula is C23H22N4O3. The third-order valence-electron chi connectivity index (χ3n) is 6.23. The summed E-state index contributed by atoms with van der Waals surface area (Å²) >= 11 is 0. The zero-order chi connectivity index (χ0) is 20.7. The van der Waals surface area contributed by atoms with E-state index in [2.05, 4.69) is 15.3 Å². The molecule has 2 heterocycles. The lowest BCUT2D eigenvalue weighted by atomic mass is 9.78. The number of nitrogens with zero attached hydrogens (tertiary/aromatic N) is 2. The summed E-state index contributed by atoms with van der Waals surface area (Å²) in [4.78, 5) is 47.1. The van der Waals surface area contributed by atoms with Crippen molar-refractivity contribution in [1.29, 1.82) is 0 Å². The van der Waals surface area contributed by atoms with Gasteiger partial charge in [-0.15, -0.1) is 0 Å². The average Bonchev–Trinajstić information content (AvgIpc) is 3.33. The van der Waals surface area contributed by atoms with Crippen LogP contribution in [0.4, 0.5) is 5.69 Å². The van der Waals surface area contributed by atoms with Gasteiger partial charge in [-0.25, -0.2) is 4.98 Å². The molecule has 2 N–H and O–H groups in total. The molecule has 0 bridgehead atoms. The molecule has 3 aromatic rings. The number of nitrogens with one attached hydrogen (secondary N) is 2. The molecule has 1 aliphatic heterocycles. The van der Waals surface area contributed by atoms with E-state index in [-0.39, 0.29) is 36.1 Å². The normalized spacial score (nSPS) is 21.1. The number of amides is 3. The summed E-state index contributed by atoms with van der Waals surface area (Å²) in [5.41, 5.74) is 3.31. The number of anilines is 1. The molecule has 0 radical (unpaired) electrons. The second kappa shape index (κ2) is 7.40. The van der Waals surface area contributed by atoms with E-state index in [9.17, 15) is 14.4 Å². The second-order valence-electron chi connectivity index (χ2n) is 8.04. The molecule has 0 spiro atoms. The first-order valence-corrected chi connectivity index (χ1v) is 10.3. The number of rotatable bonds is 4. The molecule has 2 aliphatic rings. The van der Waals surface area contributed by atoms with Crippen LogP contribution in [0.1, 0.15) is 46.4 Å². The molecule has 0 saturated heterocycles. The summed E-state index contributed by atoms with van der Waals surface area (Å²) in [5, 5.41) is 3.01. The maximum Gasteiger partial charge on any atom is 0.261 e. The summed E-state index contributed by atoms with van der Waals surface area (Å²) < 4.78 is 0. The van der Waals surface area contributed by atoms with Crippen LogP contribution in [-0.4, -0.2) is 39.1 Å². The molecule has 2 atom stereocenters. The SMILES string of the molecule is O=C(Nc1ccc2nc[nH]c2c1)C1CCCCC1CN1C(=O)c2ccccc2C1=O. The predicted molar refractivity (Wildman–Crippen MR) is 112 cm³/mol. The number of carbonyl (C=O) groups excluding carboxylic acids is 3. The highest BCUT2D eigenvalue weighted by molar-refractivity contribution is 6.21. The Bertz CT molecular complexity index is 1120. The molecule has 2 aromatic carbocycles. The molecule has 30 heavy (non-hydrogen) atoms. The van der Waals surface area contributed by atoms with Gasteiger partial charge in [0.25, 0.3) is 11.8 Å². The Morgan fingerprint density at radius 3 is 2.57 bits per heavy atom. The zero-order valence-corrected chi connectivity index (χ0v) is 16.4. The number of imidazole rings is 1. The Balaban J connectivity index is 1.32. The minimum absolute atomic E-state index is 0.0446. The van der Waals surface area contributed by atoms with Crippen molar-refractivity contribution in [2.24, 2.45) is 11.8 Å². The van der Waals surface area contributed by atoms with E-state index < -0.39 is 0 Å². The highest BCUT2D eigenvalue weighted by Crippen LogP contribution is 2.34. The van der Waals surface area contributed by atoms with E-state index in [0.29, 0.717) is 16.8 Å². The molecule has 1 saturated carbocycles. The van der Waals surface area contributed by atoms with Crippen LogP contribution in [0, 0.1) is 11.8 Å². The van der Waals surface area contributed by atoms with Gasteiger partial charge in [0.05, 0.1) is 28.5 Å². The van der Waals surface area contributed by atoms with Crippen molar-refractivity contribution in [3.63, 3.8) is 0 Å². The summed E-state index contributed by atoms with van der Waals surface area (Å²) in [6, 6.07) is 12.5. The lowest BCUT2D eigenvalue weighted by molar-refractivity contribution is -0.122. The minimum Gasteiger partial charge on any atom is -0.345 e. The molecule has 3 amide bonds. The smallest absolute Gasteiger partial charge is 0.261 e. The summed E-state index contributed by atoms with van der Waals surface area (Å²) in [6.45, 7) is 0.282. The zero-order valence-electron chi connectivity index (χ0n) is 16.4. The van der Waals surface area contributed by atoms with Crippen molar-refractivity contribution in [2.45, 2.75) is 25.7 Å². The number of H-pyrrole nitrogens is 1. The summed E-state index contributed by atoms with van der Waals surface area (Å²) in [6.07, 6.45) is 5.17. The van der Waals surface area contributed by atoms with Gasteiger partial charge in [0.1, 0.15) is 0 Å². The van der Waals surface area contributed by atoms with Gasteiger partial charge in [0.15, 0.2) is 0 Å². The lowest BCUT2D eigenvalue weighted by Gasteiger charge is -2.32. The van der Waals surface area contributed by atoms with Crippen molar-refractivity contribution < 1.29 is 14.4 Å². The molecule has 1 fully saturated rings. The molecule has 7 heteroatoms. The first-order valence-electron chi connectivity index (χ1n) is 10.3. The van der Waals surface area contributed by atoms with E-state index in [1.54, 1.807) is 30.6 Å². The maximum absolute atomic E-state index is 13.1. The fraction of sp³-hybridized carbons (Fsp3) is 0.304. The molecule has 1 aliphatic carbocycles. The maximum atomic E-state index is 13.1. The monoisotopic (exact) mass is 402 g/mol. The van der Waals surface area contributed by atoms with Crippen molar-refractivity contribution in [2.75, 3.05) is 11.9 Å². The molecule has 5 rings (SSSR count). The van der Waals surface area contributed by atoms with Crippen LogP contribution in [-0.2, 0) is 4.79 Å². The third kappa shape index (κ3) is 3.16. The first-order chi connectivity index (χ1) is 14.6. The quantitative estimate of drug-likeness (QED) is 0.652. The highest BCUT2D eigenvalue weighted by Gasteiger charge is 2.40. The van der Waals surface area contributed by atoms with Gasteiger partial charge in [-0.3, -0.25) is 19.3 Å². The minimum atomic E-state index is -0.259. The van der Waals surface area contributed by atoms with Crippen molar-refractivity contribution in [1.82, 2.24) is 14.9 Å². The van der Waals surface area contributed by atoms with Gasteiger partial charge in [-0.1, -0.05) is 25.0 Å². The number of benzene rings is 2. The van der Waals surface area contributed by atoms with E-state index in [1.165, 1.54) is 4.90 Å². The van der Waals surface area contributed by atoms with Crippen LogP contribution in [0.3, 0.4) is 0 Å². The Morgan fingerprint density at radius 2 is 1.80 bits per heavy atom. The lowest BCUT2D eigenvalue weighted by Crippen LogP contribution is -2.41. The third-order valence-corrected chi connectivity index (χ3v) is 6.23. The number of hydrogen-bond acceptors (Lipinski definition) is 4. The standard InChI is InChI=1S/C23H22N4O3/c28-21(26-15-9-10-19-20(11-15)25-13-24-19)16-6-2-1-5-14(16)12-27-22(29)17-7-3-4-8-18(17)23(27)30/h3-4,7-11,13-14,16H,1-2,5-6,12H2,(H,24,25)(H,26,28). The van der Waals surface area contributed by atoms with Crippen LogP contribution in [0.25, 0.3) is 11.0 Å². The molecule has 2 unspecified atom stereocenters. The van der Waals surface area contributed by atoms with Crippen LogP contribution in [0.5, 0.6) is 0 Å². The van der Waals surface area contributed by atoms with E-state index >= 15 is 0 Å². The van der Waals surface area contributed by atoms with Crippen molar-refractivity contribution in [3.05, 3.63) is 59.9 Å². The average molecular weight is 402 g/mol. The molecular weight excluding hydrogens is 380 g/mol. The molecule has 152 valence electrons. The Hall–Kier alpha value is -3.48. The fourth-order valence-corrected chi connectivity index (χ4v) is 4.66. The predicted octanol–water partition coefficient (Wildman–Crippen LogP) is 3.60. The summed E-state index contributed by atoms with van der Waals surface area (Å²) in [5.74, 6) is -0.859. The van der Waals surface area contributed by atoms with Gasteiger partial charge < -0.3 is 10.3 Å².